The second-order valence-corrected chi connectivity index (χ2v) is 5.41. The Morgan fingerprint density at radius 1 is 1.58 bits per heavy atom. The van der Waals surface area contributed by atoms with Crippen molar-refractivity contribution in [3.05, 3.63) is 28.7 Å². The Labute approximate surface area is 115 Å². The predicted molar refractivity (Wildman–Crippen MR) is 68.3 cm³/mol. The zero-order chi connectivity index (χ0) is 13.6. The van der Waals surface area contributed by atoms with Gasteiger partial charge in [-0.3, -0.25) is 9.36 Å². The Morgan fingerprint density at radius 3 is 3.00 bits per heavy atom. The number of fused-ring (bicyclic) bond motifs is 1. The highest BCUT2D eigenvalue weighted by molar-refractivity contribution is 7.80. The van der Waals surface area contributed by atoms with Crippen LogP contribution >= 0.6 is 12.6 Å². The summed E-state index contributed by atoms with van der Waals surface area (Å²) in [6.45, 7) is 0.185. The van der Waals surface area contributed by atoms with E-state index >= 15 is 0 Å². The Kier molecular flexibility index (Phi) is 3.18. The fraction of sp³-hybridized carbons (Fsp3) is 0.583. The van der Waals surface area contributed by atoms with Crippen LogP contribution in [-0.4, -0.2) is 45.8 Å². The Morgan fingerprint density at radius 2 is 2.37 bits per heavy atom. The lowest BCUT2D eigenvalue weighted by Crippen LogP contribution is -2.42. The highest BCUT2D eigenvalue weighted by Gasteiger charge is 2.58. The van der Waals surface area contributed by atoms with Gasteiger partial charge in [-0.15, -0.1) is 12.6 Å². The smallest absolute Gasteiger partial charge is 0.253 e. The van der Waals surface area contributed by atoms with E-state index in [1.807, 2.05) is 0 Å². The molecule has 2 aliphatic rings. The highest BCUT2D eigenvalue weighted by Crippen LogP contribution is 2.44. The molecular weight excluding hydrogens is 270 g/mol. The molecule has 0 bridgehead atoms. The van der Waals surface area contributed by atoms with Gasteiger partial charge in [0.15, 0.2) is 6.23 Å². The van der Waals surface area contributed by atoms with Crippen LogP contribution in [0.15, 0.2) is 28.0 Å². The molecule has 0 saturated carbocycles. The topological polar surface area (TPSA) is 80.9 Å². The highest BCUT2D eigenvalue weighted by atomic mass is 32.1. The van der Waals surface area contributed by atoms with E-state index in [0.717, 1.165) is 0 Å². The van der Waals surface area contributed by atoms with Crippen LogP contribution in [0.3, 0.4) is 0 Å². The van der Waals surface area contributed by atoms with Crippen molar-refractivity contribution >= 4 is 12.6 Å². The molecule has 19 heavy (non-hydrogen) atoms. The molecule has 1 aromatic heterocycles. The minimum absolute atomic E-state index is 0.245. The van der Waals surface area contributed by atoms with Gasteiger partial charge in [0.2, 0.25) is 0 Å². The number of hydrogen-bond donors (Lipinski definition) is 3. The van der Waals surface area contributed by atoms with Crippen LogP contribution in [0.4, 0.5) is 0 Å². The van der Waals surface area contributed by atoms with Gasteiger partial charge in [-0.25, -0.2) is 0 Å². The molecule has 2 fully saturated rings. The molecule has 3 rings (SSSR count). The van der Waals surface area contributed by atoms with Crippen molar-refractivity contribution in [1.29, 1.82) is 0 Å². The van der Waals surface area contributed by atoms with Crippen molar-refractivity contribution in [2.24, 2.45) is 0 Å². The lowest BCUT2D eigenvalue weighted by molar-refractivity contribution is -0.110. The quantitative estimate of drug-likeness (QED) is 0.641. The number of aliphatic hydroxyl groups excluding tert-OH is 2. The van der Waals surface area contributed by atoms with Crippen LogP contribution in [0.5, 0.6) is 0 Å². The van der Waals surface area contributed by atoms with Crippen LogP contribution in [0.25, 0.3) is 0 Å². The van der Waals surface area contributed by atoms with Gasteiger partial charge in [-0.2, -0.15) is 0 Å². The third-order valence-electron chi connectivity index (χ3n) is 3.77. The number of hydrogen-bond acceptors (Lipinski definition) is 6. The second-order valence-electron chi connectivity index (χ2n) is 4.89. The molecule has 4 atom stereocenters. The second kappa shape index (κ2) is 4.60. The largest absolute Gasteiger partial charge is 0.393 e. The summed E-state index contributed by atoms with van der Waals surface area (Å²) in [7, 11) is 0. The number of aliphatic hydroxyl groups is 2. The number of pyridine rings is 1. The third kappa shape index (κ3) is 1.93. The molecule has 0 aromatic carbocycles. The summed E-state index contributed by atoms with van der Waals surface area (Å²) >= 11 is 4.08. The van der Waals surface area contributed by atoms with Gasteiger partial charge in [-0.1, -0.05) is 0 Å². The molecule has 2 aliphatic heterocycles. The Hall–Kier alpha value is -0.860. The van der Waals surface area contributed by atoms with Gasteiger partial charge in [-0.05, 0) is 6.07 Å². The summed E-state index contributed by atoms with van der Waals surface area (Å²) in [4.78, 5) is 12.4. The third-order valence-corrected chi connectivity index (χ3v) is 4.05. The summed E-state index contributed by atoms with van der Waals surface area (Å²) < 4.78 is 12.5. The first kappa shape index (κ1) is 13.1. The zero-order valence-corrected chi connectivity index (χ0v) is 11.0. The Balaban J connectivity index is 1.97. The molecule has 1 aromatic rings. The van der Waals surface area contributed by atoms with Crippen molar-refractivity contribution in [3.63, 3.8) is 0 Å². The first-order valence-corrected chi connectivity index (χ1v) is 6.52. The molecule has 2 saturated heterocycles. The summed E-state index contributed by atoms with van der Waals surface area (Å²) in [5.41, 5.74) is -1.23. The van der Waals surface area contributed by atoms with Gasteiger partial charge in [0.1, 0.15) is 17.8 Å². The summed E-state index contributed by atoms with van der Waals surface area (Å²) in [5.74, 6) is 0. The van der Waals surface area contributed by atoms with Gasteiger partial charge in [0.05, 0.1) is 13.2 Å². The molecule has 0 radical (unpaired) electrons. The lowest BCUT2D eigenvalue weighted by Gasteiger charge is -2.24. The molecule has 0 aliphatic carbocycles. The normalized spacial score (nSPS) is 37.5. The van der Waals surface area contributed by atoms with E-state index in [1.165, 1.54) is 16.8 Å². The lowest BCUT2D eigenvalue weighted by atomic mass is 9.95. The summed E-state index contributed by atoms with van der Waals surface area (Å²) in [6, 6.07) is 2.99. The summed E-state index contributed by atoms with van der Waals surface area (Å²) in [5, 5.41) is 19.8. The Bertz CT molecular complexity index is 547. The van der Waals surface area contributed by atoms with E-state index in [1.54, 1.807) is 6.07 Å². The fourth-order valence-corrected chi connectivity index (χ4v) is 2.94. The van der Waals surface area contributed by atoms with Gasteiger partial charge in [0.25, 0.3) is 5.56 Å². The molecular formula is C12H15NO5S. The molecule has 7 heteroatoms. The monoisotopic (exact) mass is 285 g/mol. The van der Waals surface area contributed by atoms with E-state index in [4.69, 9.17) is 9.47 Å². The average Bonchev–Trinajstić information content (AvgIpc) is 2.90. The van der Waals surface area contributed by atoms with Gasteiger partial charge >= 0.3 is 0 Å². The maximum atomic E-state index is 11.9. The van der Waals surface area contributed by atoms with E-state index in [-0.39, 0.29) is 12.2 Å². The maximum Gasteiger partial charge on any atom is 0.253 e. The average molecular weight is 285 g/mol. The minimum atomic E-state index is -0.988. The fourth-order valence-electron chi connectivity index (χ4n) is 2.77. The van der Waals surface area contributed by atoms with E-state index in [2.05, 4.69) is 12.6 Å². The van der Waals surface area contributed by atoms with Crippen LogP contribution in [-0.2, 0) is 9.47 Å². The van der Waals surface area contributed by atoms with E-state index in [9.17, 15) is 15.0 Å². The summed E-state index contributed by atoms with van der Waals surface area (Å²) in [6.07, 6.45) is -0.423. The van der Waals surface area contributed by atoms with E-state index < -0.39 is 24.0 Å². The zero-order valence-electron chi connectivity index (χ0n) is 10.1. The molecule has 104 valence electrons. The van der Waals surface area contributed by atoms with Crippen LogP contribution < -0.4 is 5.56 Å². The van der Waals surface area contributed by atoms with Crippen molar-refractivity contribution in [2.45, 2.75) is 35.4 Å². The molecule has 3 unspecified atom stereocenters. The molecule has 3 heterocycles. The first-order valence-electron chi connectivity index (χ1n) is 6.07. The number of thiol groups is 1. The van der Waals surface area contributed by atoms with Gasteiger partial charge in [0, 0.05) is 23.6 Å². The first-order chi connectivity index (χ1) is 9.07. The maximum absolute atomic E-state index is 11.9. The standard InChI is InChI=1S/C12H15NO5S/c14-6-12-2-4-17-10(12)9(16)11(18-12)13-3-1-7(19)5-8(13)15/h1,3,5,9-11,14,16,19H,2,4,6H2/t9?,10?,11-,12?/m1/s1. The van der Waals surface area contributed by atoms with Crippen molar-refractivity contribution in [3.8, 4) is 0 Å². The predicted octanol–water partition coefficient (Wildman–Crippen LogP) is -0.453. The number of ether oxygens (including phenoxy) is 2. The van der Waals surface area contributed by atoms with Crippen molar-refractivity contribution in [1.82, 2.24) is 4.57 Å². The van der Waals surface area contributed by atoms with Crippen molar-refractivity contribution < 1.29 is 19.7 Å². The van der Waals surface area contributed by atoms with Crippen LogP contribution in [0, 0.1) is 0 Å². The van der Waals surface area contributed by atoms with Gasteiger partial charge < -0.3 is 19.7 Å². The SMILES string of the molecule is O=c1cc(S)ccn1[C@@H]1OC2(CO)CCOC2C1O. The van der Waals surface area contributed by atoms with Crippen LogP contribution in [0.1, 0.15) is 12.6 Å². The molecule has 0 spiro atoms. The van der Waals surface area contributed by atoms with E-state index in [0.29, 0.717) is 17.9 Å². The number of aromatic nitrogens is 1. The molecule has 6 nitrogen and oxygen atoms in total. The van der Waals surface area contributed by atoms with Crippen LogP contribution in [0.2, 0.25) is 0 Å². The van der Waals surface area contributed by atoms with Crippen molar-refractivity contribution in [2.75, 3.05) is 13.2 Å². The molecule has 0 amide bonds. The molecule has 2 N–H and O–H groups in total. The number of rotatable bonds is 2. The number of nitrogens with zero attached hydrogens (tertiary/aromatic N) is 1. The minimum Gasteiger partial charge on any atom is -0.393 e.